The van der Waals surface area contributed by atoms with E-state index in [-0.39, 0.29) is 11.9 Å². The maximum atomic E-state index is 12.1. The molecule has 1 aromatic carbocycles. The minimum Gasteiger partial charge on any atom is -0.378 e. The molecule has 0 bridgehead atoms. The highest BCUT2D eigenvalue weighted by Crippen LogP contribution is 2.17. The third kappa shape index (κ3) is 5.72. The molecule has 2 fully saturated rings. The Labute approximate surface area is 151 Å². The van der Waals surface area contributed by atoms with E-state index in [4.69, 9.17) is 4.74 Å². The van der Waals surface area contributed by atoms with Crippen LogP contribution >= 0.6 is 0 Å². The summed E-state index contributed by atoms with van der Waals surface area (Å²) in [6, 6.07) is 10.8. The Morgan fingerprint density at radius 2 is 2.00 bits per heavy atom. The number of para-hydroxylation sites is 1. The smallest absolute Gasteiger partial charge is 0.220 e. The van der Waals surface area contributed by atoms with Crippen molar-refractivity contribution in [3.05, 3.63) is 30.3 Å². The molecule has 138 valence electrons. The summed E-state index contributed by atoms with van der Waals surface area (Å²) in [5.74, 6) is 0.158. The van der Waals surface area contributed by atoms with E-state index >= 15 is 0 Å². The normalized spacial score (nSPS) is 22.8. The topological polar surface area (TPSA) is 44.8 Å². The van der Waals surface area contributed by atoms with Crippen molar-refractivity contribution >= 4 is 11.6 Å². The van der Waals surface area contributed by atoms with Gasteiger partial charge in [0.05, 0.1) is 6.10 Å². The second-order valence-corrected chi connectivity index (χ2v) is 7.27. The first kappa shape index (κ1) is 18.2. The van der Waals surface area contributed by atoms with Gasteiger partial charge in [-0.2, -0.15) is 0 Å². The number of hydrogen-bond donors (Lipinski definition) is 1. The summed E-state index contributed by atoms with van der Waals surface area (Å²) in [4.78, 5) is 17.0. The second-order valence-electron chi connectivity index (χ2n) is 7.27. The van der Waals surface area contributed by atoms with Crippen LogP contribution < -0.4 is 10.2 Å². The minimum atomic E-state index is 0.158. The largest absolute Gasteiger partial charge is 0.378 e. The molecule has 2 heterocycles. The van der Waals surface area contributed by atoms with Crippen LogP contribution in [-0.2, 0) is 9.53 Å². The maximum Gasteiger partial charge on any atom is 0.220 e. The van der Waals surface area contributed by atoms with E-state index < -0.39 is 0 Å². The third-order valence-corrected chi connectivity index (χ3v) is 5.15. The molecule has 1 aromatic rings. The molecule has 0 spiro atoms. The number of benzene rings is 1. The second kappa shape index (κ2) is 9.20. The zero-order valence-corrected chi connectivity index (χ0v) is 15.3. The maximum absolute atomic E-state index is 12.1. The van der Waals surface area contributed by atoms with Gasteiger partial charge in [-0.05, 0) is 38.3 Å². The molecule has 0 unspecified atom stereocenters. The first-order valence-electron chi connectivity index (χ1n) is 9.64. The highest BCUT2D eigenvalue weighted by atomic mass is 16.5. The van der Waals surface area contributed by atoms with Gasteiger partial charge in [-0.25, -0.2) is 0 Å². The van der Waals surface area contributed by atoms with E-state index in [0.29, 0.717) is 12.5 Å². The van der Waals surface area contributed by atoms with E-state index in [0.717, 1.165) is 58.6 Å². The first-order chi connectivity index (χ1) is 12.2. The molecule has 0 radical (unpaired) electrons. The van der Waals surface area contributed by atoms with Crippen LogP contribution in [-0.4, -0.2) is 62.3 Å². The zero-order valence-electron chi connectivity index (χ0n) is 15.3. The van der Waals surface area contributed by atoms with Crippen LogP contribution in [0.2, 0.25) is 0 Å². The van der Waals surface area contributed by atoms with E-state index in [1.54, 1.807) is 0 Å². The molecule has 2 aliphatic heterocycles. The van der Waals surface area contributed by atoms with Crippen molar-refractivity contribution in [3.63, 3.8) is 0 Å². The van der Waals surface area contributed by atoms with Gasteiger partial charge in [0, 0.05) is 57.5 Å². The number of carbonyl (C=O) groups excluding carboxylic acids is 1. The number of hydrogen-bond acceptors (Lipinski definition) is 4. The average molecular weight is 345 g/mol. The van der Waals surface area contributed by atoms with E-state index in [2.05, 4.69) is 52.4 Å². The van der Waals surface area contributed by atoms with Gasteiger partial charge in [0.2, 0.25) is 5.91 Å². The number of nitrogens with one attached hydrogen (secondary N) is 1. The molecule has 3 rings (SSSR count). The van der Waals surface area contributed by atoms with Crippen LogP contribution in [0.5, 0.6) is 0 Å². The lowest BCUT2D eigenvalue weighted by Gasteiger charge is -2.37. The molecule has 1 amide bonds. The van der Waals surface area contributed by atoms with Crippen molar-refractivity contribution in [2.45, 2.75) is 44.8 Å². The van der Waals surface area contributed by atoms with Gasteiger partial charge >= 0.3 is 0 Å². The lowest BCUT2D eigenvalue weighted by atomic mass is 10.1. The predicted octanol–water partition coefficient (Wildman–Crippen LogP) is 2.27. The molecule has 2 atom stereocenters. The molecule has 25 heavy (non-hydrogen) atoms. The summed E-state index contributed by atoms with van der Waals surface area (Å²) in [5.41, 5.74) is 1.30. The van der Waals surface area contributed by atoms with Crippen molar-refractivity contribution < 1.29 is 9.53 Å². The Kier molecular flexibility index (Phi) is 6.70. The third-order valence-electron chi connectivity index (χ3n) is 5.15. The number of carbonyl (C=O) groups is 1. The van der Waals surface area contributed by atoms with Gasteiger partial charge in [-0.15, -0.1) is 0 Å². The van der Waals surface area contributed by atoms with Crippen molar-refractivity contribution in [2.75, 3.05) is 44.2 Å². The Morgan fingerprint density at radius 3 is 2.68 bits per heavy atom. The summed E-state index contributed by atoms with van der Waals surface area (Å²) in [7, 11) is 0. The fourth-order valence-corrected chi connectivity index (χ4v) is 3.77. The molecule has 2 saturated heterocycles. The molecule has 0 saturated carbocycles. The fraction of sp³-hybridized carbons (Fsp3) is 0.650. The fourth-order valence-electron chi connectivity index (χ4n) is 3.77. The van der Waals surface area contributed by atoms with E-state index in [1.165, 1.54) is 5.69 Å². The van der Waals surface area contributed by atoms with Crippen LogP contribution in [0.3, 0.4) is 0 Å². The van der Waals surface area contributed by atoms with E-state index in [9.17, 15) is 4.79 Å². The summed E-state index contributed by atoms with van der Waals surface area (Å²) in [6.45, 7) is 8.07. The van der Waals surface area contributed by atoms with Gasteiger partial charge in [-0.3, -0.25) is 9.69 Å². The average Bonchev–Trinajstić information content (AvgIpc) is 3.15. The molecule has 1 N–H and O–H groups in total. The van der Waals surface area contributed by atoms with Crippen molar-refractivity contribution in [1.82, 2.24) is 10.2 Å². The van der Waals surface area contributed by atoms with Crippen LogP contribution in [0.25, 0.3) is 0 Å². The number of rotatable bonds is 7. The summed E-state index contributed by atoms with van der Waals surface area (Å²) in [6.07, 6.45) is 3.98. The van der Waals surface area contributed by atoms with Crippen LogP contribution in [0.4, 0.5) is 5.69 Å². The van der Waals surface area contributed by atoms with Gasteiger partial charge in [-0.1, -0.05) is 18.2 Å². The van der Waals surface area contributed by atoms with Crippen LogP contribution in [0, 0.1) is 0 Å². The highest BCUT2D eigenvalue weighted by molar-refractivity contribution is 5.76. The van der Waals surface area contributed by atoms with Gasteiger partial charge in [0.15, 0.2) is 0 Å². The monoisotopic (exact) mass is 345 g/mol. The molecule has 0 aromatic heterocycles. The van der Waals surface area contributed by atoms with E-state index in [1.807, 2.05) is 0 Å². The van der Waals surface area contributed by atoms with Crippen molar-refractivity contribution in [2.24, 2.45) is 0 Å². The molecule has 2 aliphatic rings. The first-order valence-corrected chi connectivity index (χ1v) is 9.64. The Bertz CT molecular complexity index is 523. The minimum absolute atomic E-state index is 0.158. The van der Waals surface area contributed by atoms with Crippen molar-refractivity contribution in [1.29, 1.82) is 0 Å². The Hall–Kier alpha value is -1.59. The standard InChI is InChI=1S/C20H31N3O2/c1-17(21-20(24)10-9-19-8-5-15-25-19)16-22-11-13-23(14-12-22)18-6-3-2-4-7-18/h2-4,6-7,17,19H,5,8-16H2,1H3,(H,21,24)/t17-,19-/m0/s1. The highest BCUT2D eigenvalue weighted by Gasteiger charge is 2.20. The van der Waals surface area contributed by atoms with Crippen LogP contribution in [0.1, 0.15) is 32.6 Å². The summed E-state index contributed by atoms with van der Waals surface area (Å²) in [5, 5.41) is 3.14. The molecule has 5 nitrogen and oxygen atoms in total. The SMILES string of the molecule is C[C@@H](CN1CCN(c2ccccc2)CC1)NC(=O)CC[C@@H]1CCCO1. The van der Waals surface area contributed by atoms with Gasteiger partial charge < -0.3 is 15.0 Å². The molecular formula is C20H31N3O2. The lowest BCUT2D eigenvalue weighted by Crippen LogP contribution is -2.50. The number of piperazine rings is 1. The molecular weight excluding hydrogens is 314 g/mol. The molecule has 0 aliphatic carbocycles. The Morgan fingerprint density at radius 1 is 1.24 bits per heavy atom. The quantitative estimate of drug-likeness (QED) is 0.823. The molecule has 5 heteroatoms. The number of nitrogens with zero attached hydrogens (tertiary/aromatic N) is 2. The number of amides is 1. The van der Waals surface area contributed by atoms with Crippen LogP contribution in [0.15, 0.2) is 30.3 Å². The Balaban J connectivity index is 1.33. The van der Waals surface area contributed by atoms with Gasteiger partial charge in [0.25, 0.3) is 0 Å². The van der Waals surface area contributed by atoms with Gasteiger partial charge in [0.1, 0.15) is 0 Å². The van der Waals surface area contributed by atoms with Crippen molar-refractivity contribution in [3.8, 4) is 0 Å². The summed E-state index contributed by atoms with van der Waals surface area (Å²) < 4.78 is 5.58. The predicted molar refractivity (Wildman–Crippen MR) is 101 cm³/mol. The summed E-state index contributed by atoms with van der Waals surface area (Å²) >= 11 is 0. The number of anilines is 1. The number of ether oxygens (including phenoxy) is 1. The lowest BCUT2D eigenvalue weighted by molar-refractivity contribution is -0.122. The zero-order chi connectivity index (χ0) is 17.5.